The van der Waals surface area contributed by atoms with E-state index in [1.165, 1.54) is 16.7 Å². The Bertz CT molecular complexity index is 2670. The fourth-order valence-corrected chi connectivity index (χ4v) is 10.00. The molecule has 2 aliphatic rings. The van der Waals surface area contributed by atoms with Crippen LogP contribution in [0, 0.1) is 0 Å². The molecule has 0 radical (unpaired) electrons. The van der Waals surface area contributed by atoms with Gasteiger partial charge in [0.2, 0.25) is 0 Å². The molecule has 0 amide bonds. The molecule has 10 rings (SSSR count). The zero-order valence-corrected chi connectivity index (χ0v) is 37.9. The second-order valence-electron chi connectivity index (χ2n) is 17.1. The third kappa shape index (κ3) is 9.45. The van der Waals surface area contributed by atoms with Crippen molar-refractivity contribution in [3.63, 3.8) is 0 Å². The van der Waals surface area contributed by atoms with Crippen LogP contribution in [0.25, 0.3) is 6.08 Å². The van der Waals surface area contributed by atoms with Crippen molar-refractivity contribution >= 4 is 17.6 Å². The Morgan fingerprint density at radius 3 is 1.30 bits per heavy atom. The molecular formula is C59H55N5O3. The topological polar surface area (TPSA) is 80.6 Å². The maximum Gasteiger partial charge on any atom is 0.161 e. The first-order valence-corrected chi connectivity index (χ1v) is 23.1. The molecule has 8 aromatic rings. The number of hydrogen-bond donors (Lipinski definition) is 0. The standard InChI is InChI=1S/C35H32N4O2.C24H23NO/c1-41-33-19-17-27(18-20-33)24-39-26-32(36-37-39)23-28-25-38(22-21-34(28)40)35(29-11-5-2-6-12-29,30-13-7-3-8-14-30)31-15-9-4-10-16-31;26-23-16-18-25(19-17-23)24(20-10-4-1-5-11-20,21-12-6-2-7-13-21)22-14-8-3-9-15-22/h2-20,23,26H,21-22,24-25H2,1H3;1-15H,16-19H2/b28-23+;. The Balaban J connectivity index is 0.000000186. The van der Waals surface area contributed by atoms with E-state index in [0.717, 1.165) is 46.7 Å². The lowest BCUT2D eigenvalue weighted by Gasteiger charge is -2.47. The van der Waals surface area contributed by atoms with Gasteiger partial charge in [0.15, 0.2) is 5.78 Å². The number of nitrogens with zero attached hydrogens (tertiary/aromatic N) is 5. The highest BCUT2D eigenvalue weighted by Crippen LogP contribution is 2.45. The first kappa shape index (κ1) is 44.7. The van der Waals surface area contributed by atoms with E-state index < -0.39 is 5.54 Å². The molecular weight excluding hydrogens is 827 g/mol. The summed E-state index contributed by atoms with van der Waals surface area (Å²) in [6.45, 7) is 3.26. The number of benzene rings is 7. The quantitative estimate of drug-likeness (QED) is 0.0893. The van der Waals surface area contributed by atoms with Crippen LogP contribution in [0.5, 0.6) is 5.75 Å². The molecule has 0 atom stereocenters. The van der Waals surface area contributed by atoms with Gasteiger partial charge >= 0.3 is 0 Å². The van der Waals surface area contributed by atoms with Crippen LogP contribution in [0.3, 0.4) is 0 Å². The molecule has 334 valence electrons. The highest BCUT2D eigenvalue weighted by molar-refractivity contribution is 6.00. The minimum Gasteiger partial charge on any atom is -0.497 e. The van der Waals surface area contributed by atoms with Crippen LogP contribution in [0.15, 0.2) is 218 Å². The maximum absolute atomic E-state index is 13.3. The van der Waals surface area contributed by atoms with Gasteiger partial charge in [-0.25, -0.2) is 4.68 Å². The van der Waals surface area contributed by atoms with Crippen molar-refractivity contribution in [1.82, 2.24) is 24.8 Å². The average Bonchev–Trinajstić information content (AvgIpc) is 3.84. The van der Waals surface area contributed by atoms with Crippen LogP contribution in [-0.2, 0) is 27.2 Å². The van der Waals surface area contributed by atoms with Crippen molar-refractivity contribution in [2.24, 2.45) is 0 Å². The molecule has 1 aromatic heterocycles. The van der Waals surface area contributed by atoms with Crippen LogP contribution < -0.4 is 4.74 Å². The first-order valence-electron chi connectivity index (χ1n) is 23.1. The average molecular weight is 882 g/mol. The van der Waals surface area contributed by atoms with Crippen LogP contribution in [0.2, 0.25) is 0 Å². The Kier molecular flexibility index (Phi) is 13.8. The second-order valence-corrected chi connectivity index (χ2v) is 17.1. The van der Waals surface area contributed by atoms with E-state index in [4.69, 9.17) is 4.74 Å². The summed E-state index contributed by atoms with van der Waals surface area (Å²) in [4.78, 5) is 30.1. The van der Waals surface area contributed by atoms with Gasteiger partial charge in [-0.3, -0.25) is 19.4 Å². The van der Waals surface area contributed by atoms with Crippen LogP contribution in [0.1, 0.15) is 63.9 Å². The van der Waals surface area contributed by atoms with Gasteiger partial charge in [0, 0.05) is 51.0 Å². The lowest BCUT2D eigenvalue weighted by atomic mass is 9.74. The summed E-state index contributed by atoms with van der Waals surface area (Å²) in [5, 5.41) is 8.70. The summed E-state index contributed by atoms with van der Waals surface area (Å²) in [5.74, 6) is 1.33. The Morgan fingerprint density at radius 1 is 0.507 bits per heavy atom. The predicted octanol–water partition coefficient (Wildman–Crippen LogP) is 10.6. The highest BCUT2D eigenvalue weighted by atomic mass is 16.5. The van der Waals surface area contributed by atoms with Crippen molar-refractivity contribution in [3.05, 3.63) is 263 Å². The molecule has 2 fully saturated rings. The Labute approximate surface area is 393 Å². The smallest absolute Gasteiger partial charge is 0.161 e. The SMILES string of the molecule is COc1ccc(Cn2cc(/C=C3\CN(C(c4ccccc4)(c4ccccc4)c4ccccc4)CCC3=O)nn2)cc1.O=C1CCN(C(c2ccccc2)(c2ccccc2)c2ccccc2)CC1. The zero-order chi connectivity index (χ0) is 45.9. The number of ketones is 2. The summed E-state index contributed by atoms with van der Waals surface area (Å²) in [6.07, 6.45) is 5.46. The molecule has 8 heteroatoms. The maximum atomic E-state index is 13.3. The molecule has 8 nitrogen and oxygen atoms in total. The zero-order valence-electron chi connectivity index (χ0n) is 37.9. The van der Waals surface area contributed by atoms with Crippen molar-refractivity contribution < 1.29 is 14.3 Å². The molecule has 0 aliphatic carbocycles. The van der Waals surface area contributed by atoms with E-state index in [-0.39, 0.29) is 11.3 Å². The number of methoxy groups -OCH3 is 1. The molecule has 0 N–H and O–H groups in total. The fraction of sp³-hybridized carbons (Fsp3) is 0.186. The summed E-state index contributed by atoms with van der Waals surface area (Å²) < 4.78 is 7.05. The third-order valence-electron chi connectivity index (χ3n) is 13.1. The summed E-state index contributed by atoms with van der Waals surface area (Å²) in [6, 6.07) is 71.7. The van der Waals surface area contributed by atoms with E-state index in [1.807, 2.05) is 54.7 Å². The van der Waals surface area contributed by atoms with Crippen LogP contribution in [0.4, 0.5) is 0 Å². The van der Waals surface area contributed by atoms with Gasteiger partial charge in [0.25, 0.3) is 0 Å². The van der Waals surface area contributed by atoms with Gasteiger partial charge in [0.1, 0.15) is 17.2 Å². The van der Waals surface area contributed by atoms with Crippen molar-refractivity contribution in [1.29, 1.82) is 0 Å². The number of aromatic nitrogens is 3. The van der Waals surface area contributed by atoms with Crippen molar-refractivity contribution in [2.45, 2.75) is 36.9 Å². The molecule has 0 saturated carbocycles. The lowest BCUT2D eigenvalue weighted by molar-refractivity contribution is -0.122. The lowest BCUT2D eigenvalue weighted by Crippen LogP contribution is -2.52. The largest absolute Gasteiger partial charge is 0.497 e. The van der Waals surface area contributed by atoms with Gasteiger partial charge in [0.05, 0.1) is 30.9 Å². The molecule has 7 aromatic carbocycles. The van der Waals surface area contributed by atoms with E-state index in [9.17, 15) is 9.59 Å². The Hall–Kier alpha value is -7.52. The number of carbonyl (C=O) groups excluding carboxylic acids is 2. The Morgan fingerprint density at radius 2 is 0.896 bits per heavy atom. The number of likely N-dealkylation sites (tertiary alicyclic amines) is 2. The second kappa shape index (κ2) is 20.8. The van der Waals surface area contributed by atoms with Crippen molar-refractivity contribution in [3.8, 4) is 5.75 Å². The highest BCUT2D eigenvalue weighted by Gasteiger charge is 2.45. The van der Waals surface area contributed by atoms with E-state index in [2.05, 4.69) is 184 Å². The molecule has 2 aliphatic heterocycles. The molecule has 2 saturated heterocycles. The van der Waals surface area contributed by atoms with Crippen LogP contribution >= 0.6 is 0 Å². The fourth-order valence-electron chi connectivity index (χ4n) is 10.00. The molecule has 0 unspecified atom stereocenters. The number of hydrogen-bond acceptors (Lipinski definition) is 7. The van der Waals surface area contributed by atoms with Gasteiger partial charge in [-0.05, 0) is 57.2 Å². The van der Waals surface area contributed by atoms with Crippen molar-refractivity contribution in [2.75, 3.05) is 33.3 Å². The monoisotopic (exact) mass is 881 g/mol. The normalized spacial score (nSPS) is 15.4. The van der Waals surface area contributed by atoms with Crippen LogP contribution in [-0.4, -0.2) is 69.6 Å². The summed E-state index contributed by atoms with van der Waals surface area (Å²) in [5.41, 5.74) is 8.76. The first-order chi connectivity index (χ1) is 33.0. The number of ether oxygens (including phenoxy) is 1. The van der Waals surface area contributed by atoms with Gasteiger partial charge in [-0.2, -0.15) is 0 Å². The third-order valence-corrected chi connectivity index (χ3v) is 13.1. The number of rotatable bonds is 12. The molecule has 67 heavy (non-hydrogen) atoms. The minimum absolute atomic E-state index is 0.147. The number of carbonyl (C=O) groups is 2. The van der Waals surface area contributed by atoms with E-state index in [0.29, 0.717) is 50.4 Å². The van der Waals surface area contributed by atoms with Gasteiger partial charge in [-0.15, -0.1) is 5.10 Å². The van der Waals surface area contributed by atoms with E-state index in [1.54, 1.807) is 11.8 Å². The molecule has 3 heterocycles. The van der Waals surface area contributed by atoms with Gasteiger partial charge < -0.3 is 4.74 Å². The molecule has 0 spiro atoms. The molecule has 0 bridgehead atoms. The summed E-state index contributed by atoms with van der Waals surface area (Å²) >= 11 is 0. The van der Waals surface area contributed by atoms with E-state index >= 15 is 0 Å². The number of Topliss-reactive ketones (excluding diaryl/α,β-unsaturated/α-hetero) is 2. The number of piperidine rings is 2. The minimum atomic E-state index is -0.574. The summed E-state index contributed by atoms with van der Waals surface area (Å²) in [7, 11) is 1.66. The van der Waals surface area contributed by atoms with Gasteiger partial charge in [-0.1, -0.05) is 199 Å². The predicted molar refractivity (Wildman–Crippen MR) is 266 cm³/mol.